The molecule has 0 spiro atoms. The van der Waals surface area contributed by atoms with Crippen molar-refractivity contribution in [1.29, 1.82) is 0 Å². The minimum absolute atomic E-state index is 0.323. The summed E-state index contributed by atoms with van der Waals surface area (Å²) in [6.45, 7) is 5.36. The standard InChI is InChI=1S/C27H35N3O2/c1-3-5-7-11-19-30-26(28-25(29-30)14-8-6-4-2)20-21-15-17-22(18-16-21)23-12-9-10-13-24(23)27(31)32/h9-10,12-13,15-18H,3-8,11,14,19-20H2,1-2H3,(H,31,32). The van der Waals surface area contributed by atoms with E-state index in [4.69, 9.17) is 10.1 Å². The number of carbonyl (C=O) groups is 1. The first kappa shape index (κ1) is 23.7. The summed E-state index contributed by atoms with van der Waals surface area (Å²) in [6, 6.07) is 15.3. The number of carboxylic acids is 1. The molecule has 5 heteroatoms. The minimum atomic E-state index is -0.906. The normalized spacial score (nSPS) is 11.1. The van der Waals surface area contributed by atoms with Crippen LogP contribution in [0.4, 0.5) is 0 Å². The van der Waals surface area contributed by atoms with Gasteiger partial charge in [0.15, 0.2) is 5.82 Å². The highest BCUT2D eigenvalue weighted by Crippen LogP contribution is 2.25. The van der Waals surface area contributed by atoms with Gasteiger partial charge in [0, 0.05) is 19.4 Å². The molecule has 0 aliphatic carbocycles. The van der Waals surface area contributed by atoms with E-state index in [9.17, 15) is 9.90 Å². The quantitative estimate of drug-likeness (QED) is 0.310. The molecule has 1 heterocycles. The van der Waals surface area contributed by atoms with Crippen LogP contribution in [0.3, 0.4) is 0 Å². The molecule has 0 saturated carbocycles. The lowest BCUT2D eigenvalue weighted by molar-refractivity contribution is 0.0697. The Labute approximate surface area is 191 Å². The van der Waals surface area contributed by atoms with Crippen molar-refractivity contribution < 1.29 is 9.90 Å². The van der Waals surface area contributed by atoms with Crippen molar-refractivity contribution in [3.63, 3.8) is 0 Å². The Bertz CT molecular complexity index is 992. The summed E-state index contributed by atoms with van der Waals surface area (Å²) >= 11 is 0. The zero-order chi connectivity index (χ0) is 22.8. The lowest BCUT2D eigenvalue weighted by Crippen LogP contribution is -2.07. The average molecular weight is 434 g/mol. The number of benzene rings is 2. The number of unbranched alkanes of at least 4 members (excludes halogenated alkanes) is 5. The van der Waals surface area contributed by atoms with E-state index in [0.717, 1.165) is 60.6 Å². The van der Waals surface area contributed by atoms with Crippen LogP contribution in [0.15, 0.2) is 48.5 Å². The number of aromatic nitrogens is 3. The maximum atomic E-state index is 11.5. The molecule has 0 fully saturated rings. The van der Waals surface area contributed by atoms with Crippen LogP contribution in [-0.4, -0.2) is 25.8 Å². The summed E-state index contributed by atoms with van der Waals surface area (Å²) in [5.41, 5.74) is 3.13. The second kappa shape index (κ2) is 12.2. The summed E-state index contributed by atoms with van der Waals surface area (Å²) in [7, 11) is 0. The maximum Gasteiger partial charge on any atom is 0.336 e. The van der Waals surface area contributed by atoms with E-state index in [-0.39, 0.29) is 0 Å². The van der Waals surface area contributed by atoms with Gasteiger partial charge in [-0.25, -0.2) is 14.5 Å². The first-order valence-corrected chi connectivity index (χ1v) is 12.0. The van der Waals surface area contributed by atoms with E-state index in [0.29, 0.717) is 5.56 Å². The summed E-state index contributed by atoms with van der Waals surface area (Å²) in [6.07, 6.45) is 10.0. The molecule has 3 rings (SSSR count). The van der Waals surface area contributed by atoms with E-state index in [2.05, 4.69) is 30.7 Å². The van der Waals surface area contributed by atoms with Gasteiger partial charge in [0.2, 0.25) is 0 Å². The molecule has 5 nitrogen and oxygen atoms in total. The van der Waals surface area contributed by atoms with Crippen molar-refractivity contribution in [3.05, 3.63) is 71.3 Å². The van der Waals surface area contributed by atoms with Crippen LogP contribution in [0.5, 0.6) is 0 Å². The van der Waals surface area contributed by atoms with Gasteiger partial charge >= 0.3 is 5.97 Å². The molecule has 3 aromatic rings. The molecule has 0 saturated heterocycles. The van der Waals surface area contributed by atoms with E-state index in [1.165, 1.54) is 32.1 Å². The Balaban J connectivity index is 1.75. The van der Waals surface area contributed by atoms with Crippen LogP contribution in [0.1, 0.15) is 86.4 Å². The maximum absolute atomic E-state index is 11.5. The highest BCUT2D eigenvalue weighted by Gasteiger charge is 2.13. The third-order valence-electron chi connectivity index (χ3n) is 5.80. The molecular formula is C27H35N3O2. The lowest BCUT2D eigenvalue weighted by atomic mass is 9.98. The highest BCUT2D eigenvalue weighted by atomic mass is 16.4. The Hall–Kier alpha value is -2.95. The molecule has 0 unspecified atom stereocenters. The molecule has 0 aliphatic rings. The SMILES string of the molecule is CCCCCCn1nc(CCCCC)nc1Cc1ccc(-c2ccccc2C(=O)O)cc1. The molecule has 0 bridgehead atoms. The fraction of sp³-hybridized carbons (Fsp3) is 0.444. The number of hydrogen-bond donors (Lipinski definition) is 1. The van der Waals surface area contributed by atoms with Crippen LogP contribution in [-0.2, 0) is 19.4 Å². The Morgan fingerprint density at radius 3 is 2.34 bits per heavy atom. The van der Waals surface area contributed by atoms with Crippen molar-refractivity contribution in [2.24, 2.45) is 0 Å². The molecule has 1 aromatic heterocycles. The van der Waals surface area contributed by atoms with Gasteiger partial charge in [-0.3, -0.25) is 0 Å². The van der Waals surface area contributed by atoms with Crippen LogP contribution >= 0.6 is 0 Å². The fourth-order valence-corrected chi connectivity index (χ4v) is 3.97. The first-order valence-electron chi connectivity index (χ1n) is 12.0. The molecule has 1 N–H and O–H groups in total. The van der Waals surface area contributed by atoms with Gasteiger partial charge in [0.1, 0.15) is 5.82 Å². The molecule has 0 radical (unpaired) electrons. The molecule has 170 valence electrons. The molecule has 0 aliphatic heterocycles. The summed E-state index contributed by atoms with van der Waals surface area (Å²) in [5.74, 6) is 1.07. The molecule has 0 amide bonds. The number of aryl methyl sites for hydroxylation is 2. The zero-order valence-electron chi connectivity index (χ0n) is 19.4. The molecule has 32 heavy (non-hydrogen) atoms. The topological polar surface area (TPSA) is 68.0 Å². The van der Waals surface area contributed by atoms with Gasteiger partial charge in [-0.05, 0) is 35.6 Å². The second-order valence-electron chi connectivity index (χ2n) is 8.41. The van der Waals surface area contributed by atoms with E-state index >= 15 is 0 Å². The van der Waals surface area contributed by atoms with Crippen LogP contribution in [0.25, 0.3) is 11.1 Å². The van der Waals surface area contributed by atoms with Gasteiger partial charge in [-0.1, -0.05) is 88.4 Å². The second-order valence-corrected chi connectivity index (χ2v) is 8.41. The summed E-state index contributed by atoms with van der Waals surface area (Å²) in [5, 5.41) is 14.3. The number of carboxylic acid groups (broad SMARTS) is 1. The molecule has 2 aromatic carbocycles. The largest absolute Gasteiger partial charge is 0.478 e. The van der Waals surface area contributed by atoms with E-state index in [1.54, 1.807) is 12.1 Å². The van der Waals surface area contributed by atoms with Gasteiger partial charge < -0.3 is 5.11 Å². The lowest BCUT2D eigenvalue weighted by Gasteiger charge is -2.08. The van der Waals surface area contributed by atoms with Crippen LogP contribution < -0.4 is 0 Å². The van der Waals surface area contributed by atoms with Gasteiger partial charge in [0.25, 0.3) is 0 Å². The molecule has 0 atom stereocenters. The predicted octanol–water partition coefficient (Wildman–Crippen LogP) is 6.55. The monoisotopic (exact) mass is 433 g/mol. The van der Waals surface area contributed by atoms with Crippen molar-refractivity contribution in [2.45, 2.75) is 78.2 Å². The van der Waals surface area contributed by atoms with E-state index < -0.39 is 5.97 Å². The third kappa shape index (κ3) is 6.52. The zero-order valence-corrected chi connectivity index (χ0v) is 19.4. The Morgan fingerprint density at radius 2 is 1.62 bits per heavy atom. The summed E-state index contributed by atoms with van der Waals surface area (Å²) in [4.78, 5) is 16.4. The van der Waals surface area contributed by atoms with Crippen molar-refractivity contribution >= 4 is 5.97 Å². The van der Waals surface area contributed by atoms with Crippen LogP contribution in [0.2, 0.25) is 0 Å². The smallest absolute Gasteiger partial charge is 0.336 e. The number of aromatic carboxylic acids is 1. The van der Waals surface area contributed by atoms with Crippen molar-refractivity contribution in [2.75, 3.05) is 0 Å². The van der Waals surface area contributed by atoms with Crippen LogP contribution in [0, 0.1) is 0 Å². The molecular weight excluding hydrogens is 398 g/mol. The predicted molar refractivity (Wildman–Crippen MR) is 129 cm³/mol. The Morgan fingerprint density at radius 1 is 0.906 bits per heavy atom. The minimum Gasteiger partial charge on any atom is -0.478 e. The average Bonchev–Trinajstić information content (AvgIpc) is 3.18. The summed E-state index contributed by atoms with van der Waals surface area (Å²) < 4.78 is 2.10. The third-order valence-corrected chi connectivity index (χ3v) is 5.80. The van der Waals surface area contributed by atoms with Gasteiger partial charge in [0.05, 0.1) is 5.56 Å². The van der Waals surface area contributed by atoms with E-state index in [1.807, 2.05) is 24.3 Å². The van der Waals surface area contributed by atoms with Gasteiger partial charge in [-0.15, -0.1) is 0 Å². The van der Waals surface area contributed by atoms with Crippen molar-refractivity contribution in [3.8, 4) is 11.1 Å². The number of rotatable bonds is 13. The number of hydrogen-bond acceptors (Lipinski definition) is 3. The fourth-order valence-electron chi connectivity index (χ4n) is 3.97. The Kier molecular flexibility index (Phi) is 9.02. The van der Waals surface area contributed by atoms with Crippen molar-refractivity contribution in [1.82, 2.24) is 14.8 Å². The highest BCUT2D eigenvalue weighted by molar-refractivity contribution is 5.95. The number of nitrogens with zero attached hydrogens (tertiary/aromatic N) is 3. The first-order chi connectivity index (χ1) is 15.6. The van der Waals surface area contributed by atoms with Gasteiger partial charge in [-0.2, -0.15) is 5.10 Å².